The summed E-state index contributed by atoms with van der Waals surface area (Å²) in [6, 6.07) is 25.6. The van der Waals surface area contributed by atoms with Crippen LogP contribution in [0.1, 0.15) is 131 Å². The maximum atomic E-state index is 12.2. The van der Waals surface area contributed by atoms with Crippen LogP contribution in [0.2, 0.25) is 0 Å². The fourth-order valence-electron chi connectivity index (χ4n) is 6.59. The van der Waals surface area contributed by atoms with Crippen LogP contribution in [-0.4, -0.2) is 15.9 Å². The number of fused-ring (bicyclic) bond motifs is 2. The Kier molecular flexibility index (Phi) is 13.2. The van der Waals surface area contributed by atoms with Gasteiger partial charge in [0.05, 0.1) is 5.52 Å². The fraction of sp³-hybridized carbons (Fsp3) is 0.488. The van der Waals surface area contributed by atoms with Gasteiger partial charge in [0.15, 0.2) is 5.78 Å². The maximum Gasteiger partial charge on any atom is 0.164 e. The first kappa shape index (κ1) is 38.6. The van der Waals surface area contributed by atoms with Crippen LogP contribution in [-0.2, 0) is 30.3 Å². The molecule has 0 atom stereocenters. The Labute approximate surface area is 298 Å². The van der Waals surface area contributed by atoms with Gasteiger partial charge in [-0.15, -0.1) is 29.1 Å². The molecule has 4 heteroatoms. The molecular weight excluding hydrogens is 755 g/mol. The molecule has 0 spiro atoms. The van der Waals surface area contributed by atoms with Crippen LogP contribution >= 0.6 is 0 Å². The Morgan fingerprint density at radius 2 is 1.38 bits per heavy atom. The van der Waals surface area contributed by atoms with Gasteiger partial charge in [0.1, 0.15) is 5.76 Å². The van der Waals surface area contributed by atoms with Crippen molar-refractivity contribution >= 4 is 27.5 Å². The van der Waals surface area contributed by atoms with Gasteiger partial charge >= 0.3 is 0 Å². The number of carbonyl (C=O) groups is 1. The number of aromatic nitrogens is 1. The number of benzene rings is 3. The van der Waals surface area contributed by atoms with Crippen LogP contribution in [0.5, 0.6) is 0 Å². The number of para-hydroxylation sites is 1. The van der Waals surface area contributed by atoms with Gasteiger partial charge in [-0.25, -0.2) is 0 Å². The van der Waals surface area contributed by atoms with E-state index in [0.29, 0.717) is 5.92 Å². The van der Waals surface area contributed by atoms with Crippen LogP contribution in [0, 0.1) is 16.9 Å². The summed E-state index contributed by atoms with van der Waals surface area (Å²) in [6.45, 7) is 18.9. The third-order valence-electron chi connectivity index (χ3n) is 11.0. The second kappa shape index (κ2) is 16.1. The molecule has 1 fully saturated rings. The number of aliphatic hydroxyl groups excluding tert-OH is 1. The molecule has 0 amide bonds. The van der Waals surface area contributed by atoms with Gasteiger partial charge in [-0.3, -0.25) is 9.78 Å². The number of ketones is 1. The minimum atomic E-state index is -0.337. The Morgan fingerprint density at radius 1 is 0.830 bits per heavy atom. The Hall–Kier alpha value is -2.81. The van der Waals surface area contributed by atoms with Crippen molar-refractivity contribution < 1.29 is 30.0 Å². The quantitative estimate of drug-likeness (QED) is 0.104. The molecule has 1 aliphatic carbocycles. The third kappa shape index (κ3) is 8.62. The molecule has 0 unspecified atom stereocenters. The van der Waals surface area contributed by atoms with Crippen molar-refractivity contribution in [2.24, 2.45) is 10.8 Å². The molecule has 5 rings (SSSR count). The number of carbonyl (C=O) groups excluding carboxylic acids is 1. The van der Waals surface area contributed by atoms with Crippen LogP contribution in [0.4, 0.5) is 0 Å². The van der Waals surface area contributed by atoms with E-state index in [1.807, 2.05) is 41.5 Å². The van der Waals surface area contributed by atoms with E-state index >= 15 is 0 Å². The molecule has 1 radical (unpaired) electrons. The maximum absolute atomic E-state index is 12.2. The van der Waals surface area contributed by atoms with Crippen molar-refractivity contribution in [1.82, 2.24) is 4.98 Å². The van der Waals surface area contributed by atoms with Gasteiger partial charge in [-0.1, -0.05) is 129 Å². The third-order valence-corrected chi connectivity index (χ3v) is 11.0. The van der Waals surface area contributed by atoms with Gasteiger partial charge in [-0.05, 0) is 61.5 Å². The van der Waals surface area contributed by atoms with Gasteiger partial charge in [0.25, 0.3) is 0 Å². The summed E-state index contributed by atoms with van der Waals surface area (Å²) in [6.07, 6.45) is 10.0. The normalized spacial score (nSPS) is 14.5. The van der Waals surface area contributed by atoms with Gasteiger partial charge in [0, 0.05) is 48.1 Å². The van der Waals surface area contributed by atoms with Crippen molar-refractivity contribution in [3.63, 3.8) is 0 Å². The molecular formula is C43H56IrNO2-. The summed E-state index contributed by atoms with van der Waals surface area (Å²) in [5.74, 6) is 0.943. The molecule has 4 aromatic rings. The van der Waals surface area contributed by atoms with Crippen molar-refractivity contribution in [2.45, 2.75) is 125 Å². The zero-order chi connectivity index (χ0) is 33.7. The number of hydrogen-bond donors (Lipinski definition) is 1. The first-order valence-corrected chi connectivity index (χ1v) is 17.6. The summed E-state index contributed by atoms with van der Waals surface area (Å²) in [7, 11) is 0. The van der Waals surface area contributed by atoms with E-state index in [-0.39, 0.29) is 47.9 Å². The molecule has 255 valence electrons. The standard InChI is InChI=1S/C28H28N.C15H28O2.Ir/c1-28(2,3)25-17-21(16-20-12-6-7-13-22(20)25)27-18-24(19-10-4-5-11-19)23-14-8-9-15-26(23)29-27;1-7-14(5,8-2)12(16)11-13(17)15(6,9-3)10-4;/h6-9,12-15,17-19H,4-5,10-11H2,1-3H3;11,16H,7-10H2,1-6H3;/q-1;;/b;12-11-;. The molecule has 1 heterocycles. The molecule has 3 aromatic carbocycles. The van der Waals surface area contributed by atoms with Crippen molar-refractivity contribution in [1.29, 1.82) is 0 Å². The molecule has 1 saturated carbocycles. The van der Waals surface area contributed by atoms with Gasteiger partial charge in [-0.2, -0.15) is 0 Å². The topological polar surface area (TPSA) is 50.2 Å². The van der Waals surface area contributed by atoms with E-state index in [0.717, 1.165) is 42.5 Å². The first-order chi connectivity index (χ1) is 21.8. The smallest absolute Gasteiger partial charge is 0.164 e. The molecule has 0 aliphatic heterocycles. The van der Waals surface area contributed by atoms with Gasteiger partial charge < -0.3 is 5.11 Å². The summed E-state index contributed by atoms with van der Waals surface area (Å²) >= 11 is 0. The van der Waals surface area contributed by atoms with Crippen LogP contribution in [0.3, 0.4) is 0 Å². The Balaban J connectivity index is 0.000000290. The molecule has 1 aromatic heterocycles. The first-order valence-electron chi connectivity index (χ1n) is 17.6. The largest absolute Gasteiger partial charge is 0.512 e. The summed E-state index contributed by atoms with van der Waals surface area (Å²) in [5, 5.41) is 13.9. The molecule has 1 aliphatic rings. The molecule has 47 heavy (non-hydrogen) atoms. The number of rotatable bonds is 9. The van der Waals surface area contributed by atoms with E-state index in [1.165, 1.54) is 59.0 Å². The van der Waals surface area contributed by atoms with E-state index < -0.39 is 0 Å². The van der Waals surface area contributed by atoms with Crippen LogP contribution in [0.25, 0.3) is 32.9 Å². The predicted molar refractivity (Wildman–Crippen MR) is 197 cm³/mol. The van der Waals surface area contributed by atoms with E-state index in [4.69, 9.17) is 4.98 Å². The minimum Gasteiger partial charge on any atom is -0.512 e. The van der Waals surface area contributed by atoms with E-state index in [9.17, 15) is 9.90 Å². The number of aliphatic hydroxyl groups is 1. The van der Waals surface area contributed by atoms with Crippen molar-refractivity contribution in [3.05, 3.63) is 89.7 Å². The second-order valence-electron chi connectivity index (χ2n) is 14.9. The zero-order valence-electron chi connectivity index (χ0n) is 30.2. The van der Waals surface area contributed by atoms with Gasteiger partial charge in [0.2, 0.25) is 0 Å². The SMILES string of the molecule is CC(C)(C)c1cc(-c2cc(C3CCCC3)c3ccccc3n2)[c-]c2ccccc12.CCC(C)(CC)C(=O)/C=C(\O)C(C)(CC)CC.[Ir]. The summed E-state index contributed by atoms with van der Waals surface area (Å²) < 4.78 is 0. The Morgan fingerprint density at radius 3 is 1.96 bits per heavy atom. The fourth-order valence-corrected chi connectivity index (χ4v) is 6.59. The van der Waals surface area contributed by atoms with E-state index in [1.54, 1.807) is 0 Å². The Bertz CT molecular complexity index is 1680. The average Bonchev–Trinajstić information content (AvgIpc) is 3.61. The zero-order valence-corrected chi connectivity index (χ0v) is 32.6. The average molecular weight is 811 g/mol. The van der Waals surface area contributed by atoms with Crippen LogP contribution < -0.4 is 0 Å². The molecule has 3 nitrogen and oxygen atoms in total. The van der Waals surface area contributed by atoms with E-state index in [2.05, 4.69) is 87.5 Å². The minimum absolute atomic E-state index is 0. The number of nitrogens with zero attached hydrogens (tertiary/aromatic N) is 1. The number of hydrogen-bond acceptors (Lipinski definition) is 3. The molecule has 0 saturated heterocycles. The van der Waals surface area contributed by atoms with Crippen molar-refractivity contribution in [2.75, 3.05) is 0 Å². The number of allylic oxidation sites excluding steroid dienone is 2. The summed E-state index contributed by atoms with van der Waals surface area (Å²) in [5.41, 5.74) is 5.57. The summed E-state index contributed by atoms with van der Waals surface area (Å²) in [4.78, 5) is 17.3. The number of pyridine rings is 1. The second-order valence-corrected chi connectivity index (χ2v) is 14.9. The monoisotopic (exact) mass is 811 g/mol. The predicted octanol–water partition coefficient (Wildman–Crippen LogP) is 12.5. The van der Waals surface area contributed by atoms with Crippen molar-refractivity contribution in [3.8, 4) is 11.3 Å². The molecule has 1 N–H and O–H groups in total. The van der Waals surface area contributed by atoms with Crippen LogP contribution in [0.15, 0.2) is 72.5 Å². The molecule has 0 bridgehead atoms.